The molecule has 98 valence electrons. The van der Waals surface area contributed by atoms with Gasteiger partial charge in [0.15, 0.2) is 18.4 Å². The number of esters is 2. The van der Waals surface area contributed by atoms with Crippen LogP contribution in [0.3, 0.4) is 0 Å². The van der Waals surface area contributed by atoms with E-state index < -0.39 is 42.8 Å². The van der Waals surface area contributed by atoms with E-state index in [1.165, 1.54) is 6.92 Å². The first-order valence-electron chi connectivity index (χ1n) is 5.11. The molecule has 0 spiro atoms. The van der Waals surface area contributed by atoms with E-state index in [9.17, 15) is 18.4 Å². The Morgan fingerprint density at radius 1 is 1.06 bits per heavy atom. The minimum absolute atomic E-state index is 0.688. The molecule has 17 heavy (non-hydrogen) atoms. The Morgan fingerprint density at radius 3 is 2.00 bits per heavy atom. The highest BCUT2D eigenvalue weighted by atomic mass is 19.2. The van der Waals surface area contributed by atoms with Crippen molar-refractivity contribution in [2.45, 2.75) is 51.6 Å². The van der Waals surface area contributed by atoms with Gasteiger partial charge >= 0.3 is 11.9 Å². The number of halogens is 2. The van der Waals surface area contributed by atoms with Gasteiger partial charge in [-0.15, -0.1) is 0 Å². The van der Waals surface area contributed by atoms with Crippen molar-refractivity contribution >= 4 is 11.9 Å². The molecule has 0 radical (unpaired) electrons. The van der Waals surface area contributed by atoms with Gasteiger partial charge in [-0.3, -0.25) is 9.59 Å². The van der Waals surface area contributed by atoms with Crippen LogP contribution in [0.15, 0.2) is 0 Å². The monoisotopic (exact) mass is 252 g/mol. The van der Waals surface area contributed by atoms with Crippen LogP contribution in [-0.2, 0) is 23.8 Å². The second kappa shape index (κ2) is 5.39. The summed E-state index contributed by atoms with van der Waals surface area (Å²) in [5, 5.41) is 0. The molecule has 5 atom stereocenters. The third-order valence-electron chi connectivity index (χ3n) is 2.30. The fraction of sp³-hybridized carbons (Fsp3) is 0.800. The summed E-state index contributed by atoms with van der Waals surface area (Å²) in [4.78, 5) is 21.7. The van der Waals surface area contributed by atoms with E-state index in [0.29, 0.717) is 0 Å². The van der Waals surface area contributed by atoms with Crippen molar-refractivity contribution in [3.63, 3.8) is 0 Å². The minimum atomic E-state index is -2.21. The van der Waals surface area contributed by atoms with Gasteiger partial charge in [0, 0.05) is 13.8 Å². The van der Waals surface area contributed by atoms with E-state index in [1.54, 1.807) is 0 Å². The number of carbonyl (C=O) groups excluding carboxylic acids is 2. The molecule has 1 aliphatic rings. The lowest BCUT2D eigenvalue weighted by Gasteiger charge is -2.38. The Bertz CT molecular complexity index is 309. The van der Waals surface area contributed by atoms with Crippen molar-refractivity contribution in [2.24, 2.45) is 0 Å². The van der Waals surface area contributed by atoms with Gasteiger partial charge in [0.2, 0.25) is 6.36 Å². The SMILES string of the molecule is CC(=O)O[C@@H]1[C@@H](OC(C)=O)[C@@H](F)[C@H](F)O[C@H]1C. The first-order valence-corrected chi connectivity index (χ1v) is 5.11. The largest absolute Gasteiger partial charge is 0.456 e. The first-order chi connectivity index (χ1) is 7.82. The summed E-state index contributed by atoms with van der Waals surface area (Å²) in [6.45, 7) is 3.58. The van der Waals surface area contributed by atoms with Gasteiger partial charge in [0.1, 0.15) is 0 Å². The maximum Gasteiger partial charge on any atom is 0.303 e. The van der Waals surface area contributed by atoms with E-state index in [0.717, 1.165) is 13.8 Å². The van der Waals surface area contributed by atoms with Crippen LogP contribution in [0.4, 0.5) is 8.78 Å². The molecular weight excluding hydrogens is 238 g/mol. The normalized spacial score (nSPS) is 37.4. The smallest absolute Gasteiger partial charge is 0.303 e. The zero-order valence-electron chi connectivity index (χ0n) is 9.68. The maximum absolute atomic E-state index is 13.5. The van der Waals surface area contributed by atoms with E-state index in [-0.39, 0.29) is 0 Å². The molecule has 0 bridgehead atoms. The summed E-state index contributed by atoms with van der Waals surface area (Å²) in [6, 6.07) is 0. The molecule has 0 unspecified atom stereocenters. The van der Waals surface area contributed by atoms with Crippen LogP contribution < -0.4 is 0 Å². The summed E-state index contributed by atoms with van der Waals surface area (Å²) < 4.78 is 40.7. The van der Waals surface area contributed by atoms with Crippen LogP contribution in [0, 0.1) is 0 Å². The Hall–Kier alpha value is -1.24. The highest BCUT2D eigenvalue weighted by Crippen LogP contribution is 2.28. The van der Waals surface area contributed by atoms with E-state index >= 15 is 0 Å². The second-order valence-electron chi connectivity index (χ2n) is 3.78. The van der Waals surface area contributed by atoms with Crippen molar-refractivity contribution in [2.75, 3.05) is 0 Å². The number of alkyl halides is 2. The highest BCUT2D eigenvalue weighted by Gasteiger charge is 2.49. The van der Waals surface area contributed by atoms with Crippen molar-refractivity contribution in [3.05, 3.63) is 0 Å². The van der Waals surface area contributed by atoms with Gasteiger partial charge in [-0.25, -0.2) is 8.78 Å². The van der Waals surface area contributed by atoms with Crippen molar-refractivity contribution < 1.29 is 32.6 Å². The van der Waals surface area contributed by atoms with Crippen LogP contribution in [0.5, 0.6) is 0 Å². The van der Waals surface area contributed by atoms with Gasteiger partial charge < -0.3 is 14.2 Å². The lowest BCUT2D eigenvalue weighted by Crippen LogP contribution is -2.56. The molecule has 5 nitrogen and oxygen atoms in total. The van der Waals surface area contributed by atoms with Gasteiger partial charge in [-0.2, -0.15) is 0 Å². The molecule has 0 aromatic carbocycles. The molecule has 1 saturated heterocycles. The number of hydrogen-bond acceptors (Lipinski definition) is 5. The molecule has 0 aliphatic carbocycles. The van der Waals surface area contributed by atoms with Gasteiger partial charge in [-0.05, 0) is 6.92 Å². The Labute approximate surface area is 97.0 Å². The summed E-state index contributed by atoms with van der Waals surface area (Å²) in [6.07, 6.45) is -7.93. The first kappa shape index (κ1) is 13.8. The van der Waals surface area contributed by atoms with Crippen LogP contribution in [0.2, 0.25) is 0 Å². The fourth-order valence-corrected chi connectivity index (χ4v) is 1.63. The molecule has 0 saturated carbocycles. The molecule has 0 N–H and O–H groups in total. The van der Waals surface area contributed by atoms with Crippen LogP contribution in [0.25, 0.3) is 0 Å². The topological polar surface area (TPSA) is 61.8 Å². The van der Waals surface area contributed by atoms with Crippen LogP contribution in [0.1, 0.15) is 20.8 Å². The molecule has 7 heteroatoms. The van der Waals surface area contributed by atoms with Crippen molar-refractivity contribution in [3.8, 4) is 0 Å². The lowest BCUT2D eigenvalue weighted by molar-refractivity contribution is -0.249. The van der Waals surface area contributed by atoms with E-state index in [4.69, 9.17) is 4.74 Å². The van der Waals surface area contributed by atoms with Crippen molar-refractivity contribution in [1.29, 1.82) is 0 Å². The Balaban J connectivity index is 2.86. The van der Waals surface area contributed by atoms with Gasteiger partial charge in [0.25, 0.3) is 0 Å². The molecule has 1 rings (SSSR count). The van der Waals surface area contributed by atoms with Crippen molar-refractivity contribution in [1.82, 2.24) is 0 Å². The highest BCUT2D eigenvalue weighted by molar-refractivity contribution is 5.67. The molecule has 0 aromatic rings. The average Bonchev–Trinajstić information content (AvgIpc) is 2.19. The van der Waals surface area contributed by atoms with Gasteiger partial charge in [-0.1, -0.05) is 0 Å². The molecule has 1 fully saturated rings. The molecular formula is C10H14F2O5. The molecule has 0 aromatic heterocycles. The summed E-state index contributed by atoms with van der Waals surface area (Å²) in [5.41, 5.74) is 0. The number of hydrogen-bond donors (Lipinski definition) is 0. The zero-order valence-corrected chi connectivity index (χ0v) is 9.68. The third kappa shape index (κ3) is 3.36. The predicted octanol–water partition coefficient (Wildman–Crippen LogP) is 0.902. The molecule has 1 aliphatic heterocycles. The third-order valence-corrected chi connectivity index (χ3v) is 2.30. The molecule has 0 amide bonds. The zero-order chi connectivity index (χ0) is 13.2. The second-order valence-corrected chi connectivity index (χ2v) is 3.78. The number of carbonyl (C=O) groups is 2. The van der Waals surface area contributed by atoms with Crippen LogP contribution >= 0.6 is 0 Å². The standard InChI is InChI=1S/C10H14F2O5/c1-4-8(16-5(2)13)9(17-6(3)14)7(11)10(12)15-4/h4,7-10H,1-3H3/t4-,7+,8-,9-,10+/m0/s1. The molecule has 1 heterocycles. The Kier molecular flexibility index (Phi) is 4.39. The summed E-state index contributed by atoms with van der Waals surface area (Å²) in [5.74, 6) is -1.47. The maximum atomic E-state index is 13.5. The Morgan fingerprint density at radius 2 is 1.53 bits per heavy atom. The quantitative estimate of drug-likeness (QED) is 0.683. The summed E-state index contributed by atoms with van der Waals surface area (Å²) >= 11 is 0. The summed E-state index contributed by atoms with van der Waals surface area (Å²) in [7, 11) is 0. The fourth-order valence-electron chi connectivity index (χ4n) is 1.63. The van der Waals surface area contributed by atoms with Crippen LogP contribution in [-0.4, -0.2) is 42.8 Å². The predicted molar refractivity (Wildman–Crippen MR) is 51.4 cm³/mol. The lowest BCUT2D eigenvalue weighted by atomic mass is 10.0. The number of ether oxygens (including phenoxy) is 3. The average molecular weight is 252 g/mol. The van der Waals surface area contributed by atoms with E-state index in [1.807, 2.05) is 0 Å². The minimum Gasteiger partial charge on any atom is -0.456 e. The van der Waals surface area contributed by atoms with E-state index in [2.05, 4.69) is 9.47 Å². The van der Waals surface area contributed by atoms with Gasteiger partial charge in [0.05, 0.1) is 6.10 Å². The number of rotatable bonds is 2.